The summed E-state index contributed by atoms with van der Waals surface area (Å²) in [5, 5.41) is 1.20. The number of fused-ring (bicyclic) bond motifs is 1. The van der Waals surface area contributed by atoms with Crippen molar-refractivity contribution in [1.82, 2.24) is 14.5 Å². The number of piperidine rings is 1. The van der Waals surface area contributed by atoms with Gasteiger partial charge in [0.25, 0.3) is 5.56 Å². The van der Waals surface area contributed by atoms with Crippen LogP contribution in [0.4, 0.5) is 0 Å². The molecule has 2 fully saturated rings. The van der Waals surface area contributed by atoms with Gasteiger partial charge in [-0.25, -0.2) is 4.98 Å². The van der Waals surface area contributed by atoms with Crippen LogP contribution in [0.25, 0.3) is 10.9 Å². The molecule has 0 unspecified atom stereocenters. The third-order valence-corrected chi connectivity index (χ3v) is 6.88. The van der Waals surface area contributed by atoms with Gasteiger partial charge < -0.3 is 10.6 Å². The van der Waals surface area contributed by atoms with Crippen molar-refractivity contribution in [3.63, 3.8) is 0 Å². The van der Waals surface area contributed by atoms with E-state index in [1.165, 1.54) is 11.8 Å². The molecule has 2 heterocycles. The Morgan fingerprint density at radius 1 is 1.10 bits per heavy atom. The number of hydrogen-bond donors (Lipinski definition) is 1. The van der Waals surface area contributed by atoms with E-state index >= 15 is 0 Å². The van der Waals surface area contributed by atoms with Gasteiger partial charge in [-0.1, -0.05) is 36.7 Å². The van der Waals surface area contributed by atoms with Gasteiger partial charge in [0, 0.05) is 12.6 Å². The third-order valence-electron chi connectivity index (χ3n) is 5.94. The normalized spacial score (nSPS) is 20.3. The Kier molecular flexibility index (Phi) is 5.89. The average molecular weight is 415 g/mol. The van der Waals surface area contributed by atoms with Crippen molar-refractivity contribution >= 4 is 34.5 Å². The van der Waals surface area contributed by atoms with E-state index in [9.17, 15) is 14.4 Å². The van der Waals surface area contributed by atoms with Crippen LogP contribution in [0.15, 0.2) is 34.2 Å². The molecular formula is C21H26N4O3S. The summed E-state index contributed by atoms with van der Waals surface area (Å²) in [4.78, 5) is 44.1. The molecule has 0 spiro atoms. The summed E-state index contributed by atoms with van der Waals surface area (Å²) in [5.74, 6) is -0.435. The molecule has 4 rings (SSSR count). The van der Waals surface area contributed by atoms with Crippen molar-refractivity contribution in [3.8, 4) is 0 Å². The SMILES string of the molecule is NC(=O)[C@@H]1CCCCN1C(=O)CSc1nc2ccccc2c(=O)n1C1CCCC1. The van der Waals surface area contributed by atoms with Crippen LogP contribution in [0.1, 0.15) is 51.0 Å². The number of amides is 2. The lowest BCUT2D eigenvalue weighted by molar-refractivity contribution is -0.138. The zero-order valence-electron chi connectivity index (χ0n) is 16.4. The molecule has 2 N–H and O–H groups in total. The molecule has 8 heteroatoms. The lowest BCUT2D eigenvalue weighted by Gasteiger charge is -2.33. The van der Waals surface area contributed by atoms with Crippen LogP contribution in [0.3, 0.4) is 0 Å². The number of thioether (sulfide) groups is 1. The molecule has 2 amide bonds. The summed E-state index contributed by atoms with van der Waals surface area (Å²) >= 11 is 1.29. The molecule has 29 heavy (non-hydrogen) atoms. The molecule has 1 atom stereocenters. The molecule has 1 saturated carbocycles. The molecule has 1 aromatic carbocycles. The Balaban J connectivity index is 1.61. The van der Waals surface area contributed by atoms with E-state index in [0.29, 0.717) is 29.0 Å². The third kappa shape index (κ3) is 4.03. The van der Waals surface area contributed by atoms with Gasteiger partial charge in [-0.3, -0.25) is 19.0 Å². The minimum absolute atomic E-state index is 0.0366. The molecule has 2 aliphatic rings. The largest absolute Gasteiger partial charge is 0.368 e. The highest BCUT2D eigenvalue weighted by Crippen LogP contribution is 2.32. The van der Waals surface area contributed by atoms with Crippen molar-refractivity contribution in [3.05, 3.63) is 34.6 Å². The number of carbonyl (C=O) groups is 2. The maximum Gasteiger partial charge on any atom is 0.262 e. The fourth-order valence-corrected chi connectivity index (χ4v) is 5.40. The van der Waals surface area contributed by atoms with E-state index in [4.69, 9.17) is 10.7 Å². The van der Waals surface area contributed by atoms with Crippen LogP contribution in [0.2, 0.25) is 0 Å². The fourth-order valence-electron chi connectivity index (χ4n) is 4.45. The molecule has 2 aromatic rings. The number of carbonyl (C=O) groups excluding carboxylic acids is 2. The molecular weight excluding hydrogens is 388 g/mol. The fraction of sp³-hybridized carbons (Fsp3) is 0.524. The number of hydrogen-bond acceptors (Lipinski definition) is 5. The van der Waals surface area contributed by atoms with Crippen LogP contribution in [-0.2, 0) is 9.59 Å². The highest BCUT2D eigenvalue weighted by molar-refractivity contribution is 7.99. The number of aromatic nitrogens is 2. The van der Waals surface area contributed by atoms with Gasteiger partial charge in [0.1, 0.15) is 6.04 Å². The zero-order valence-corrected chi connectivity index (χ0v) is 17.2. The standard InChI is InChI=1S/C21H26N4O3S/c22-19(27)17-11-5-6-12-24(17)18(26)13-29-21-23-16-10-4-3-9-15(16)20(28)25(21)14-7-1-2-8-14/h3-4,9-10,14,17H,1-2,5-8,11-13H2,(H2,22,27)/t17-/m0/s1. The summed E-state index contributed by atoms with van der Waals surface area (Å²) in [6, 6.07) is 6.94. The number of likely N-dealkylation sites (tertiary alicyclic amines) is 1. The predicted molar refractivity (Wildman–Crippen MR) is 113 cm³/mol. The van der Waals surface area contributed by atoms with Crippen LogP contribution in [0, 0.1) is 0 Å². The minimum atomic E-state index is -0.529. The monoisotopic (exact) mass is 414 g/mol. The molecule has 0 bridgehead atoms. The van der Waals surface area contributed by atoms with E-state index in [-0.39, 0.29) is 23.3 Å². The van der Waals surface area contributed by atoms with Gasteiger partial charge in [0.2, 0.25) is 11.8 Å². The summed E-state index contributed by atoms with van der Waals surface area (Å²) < 4.78 is 1.79. The summed E-state index contributed by atoms with van der Waals surface area (Å²) in [6.07, 6.45) is 6.50. The maximum atomic E-state index is 13.2. The van der Waals surface area contributed by atoms with Gasteiger partial charge in [-0.05, 0) is 44.2 Å². The second kappa shape index (κ2) is 8.57. The second-order valence-corrected chi connectivity index (χ2v) is 8.76. The van der Waals surface area contributed by atoms with Gasteiger partial charge in [0.05, 0.1) is 16.7 Å². The first-order chi connectivity index (χ1) is 14.1. The molecule has 1 aromatic heterocycles. The van der Waals surface area contributed by atoms with E-state index in [1.54, 1.807) is 15.5 Å². The van der Waals surface area contributed by atoms with Crippen molar-refractivity contribution in [1.29, 1.82) is 0 Å². The van der Waals surface area contributed by atoms with E-state index in [1.807, 2.05) is 18.2 Å². The van der Waals surface area contributed by atoms with Gasteiger partial charge in [-0.15, -0.1) is 0 Å². The Morgan fingerprint density at radius 3 is 2.59 bits per heavy atom. The summed E-state index contributed by atoms with van der Waals surface area (Å²) in [7, 11) is 0. The van der Waals surface area contributed by atoms with E-state index in [0.717, 1.165) is 38.5 Å². The van der Waals surface area contributed by atoms with E-state index < -0.39 is 11.9 Å². The maximum absolute atomic E-state index is 13.2. The van der Waals surface area contributed by atoms with Crippen molar-refractivity contribution < 1.29 is 9.59 Å². The minimum Gasteiger partial charge on any atom is -0.368 e. The highest BCUT2D eigenvalue weighted by Gasteiger charge is 2.31. The second-order valence-electron chi connectivity index (χ2n) is 7.81. The average Bonchev–Trinajstić information content (AvgIpc) is 3.26. The van der Waals surface area contributed by atoms with Crippen LogP contribution < -0.4 is 11.3 Å². The van der Waals surface area contributed by atoms with Gasteiger partial charge >= 0.3 is 0 Å². The Hall–Kier alpha value is -2.35. The lowest BCUT2D eigenvalue weighted by atomic mass is 10.0. The van der Waals surface area contributed by atoms with Crippen molar-refractivity contribution in [2.75, 3.05) is 12.3 Å². The smallest absolute Gasteiger partial charge is 0.262 e. The number of rotatable bonds is 5. The molecule has 1 saturated heterocycles. The molecule has 1 aliphatic heterocycles. The Bertz CT molecular complexity index is 984. The quantitative estimate of drug-likeness (QED) is 0.599. The Morgan fingerprint density at radius 2 is 1.83 bits per heavy atom. The number of primary amides is 1. The van der Waals surface area contributed by atoms with Crippen molar-refractivity contribution in [2.24, 2.45) is 5.73 Å². The van der Waals surface area contributed by atoms with Crippen LogP contribution >= 0.6 is 11.8 Å². The molecule has 154 valence electrons. The number of nitrogens with two attached hydrogens (primary N) is 1. The van der Waals surface area contributed by atoms with E-state index in [2.05, 4.69) is 0 Å². The topological polar surface area (TPSA) is 98.3 Å². The van der Waals surface area contributed by atoms with Gasteiger partial charge in [0.15, 0.2) is 5.16 Å². The Labute approximate surface area is 173 Å². The first kappa shape index (κ1) is 19.9. The lowest BCUT2D eigenvalue weighted by Crippen LogP contribution is -2.51. The summed E-state index contributed by atoms with van der Waals surface area (Å²) in [6.45, 7) is 0.549. The first-order valence-electron chi connectivity index (χ1n) is 10.3. The number of para-hydroxylation sites is 1. The molecule has 7 nitrogen and oxygen atoms in total. The zero-order chi connectivity index (χ0) is 20.4. The predicted octanol–water partition coefficient (Wildman–Crippen LogP) is 2.47. The summed E-state index contributed by atoms with van der Waals surface area (Å²) in [5.41, 5.74) is 6.11. The number of nitrogens with zero attached hydrogens (tertiary/aromatic N) is 3. The molecule has 0 radical (unpaired) electrons. The van der Waals surface area contributed by atoms with Crippen molar-refractivity contribution in [2.45, 2.75) is 62.2 Å². The molecule has 1 aliphatic carbocycles. The van der Waals surface area contributed by atoms with Gasteiger partial charge in [-0.2, -0.15) is 0 Å². The first-order valence-corrected chi connectivity index (χ1v) is 11.3. The van der Waals surface area contributed by atoms with Crippen LogP contribution in [-0.4, -0.2) is 44.6 Å². The highest BCUT2D eigenvalue weighted by atomic mass is 32.2. The van der Waals surface area contributed by atoms with Crippen LogP contribution in [0.5, 0.6) is 0 Å². The number of benzene rings is 1.